The number of methoxy groups -OCH3 is 2. The van der Waals surface area contributed by atoms with Gasteiger partial charge in [0.1, 0.15) is 0 Å². The van der Waals surface area contributed by atoms with E-state index in [1.165, 1.54) is 10.8 Å². The van der Waals surface area contributed by atoms with Gasteiger partial charge in [0.25, 0.3) is 0 Å². The molecule has 23 heavy (non-hydrogen) atoms. The summed E-state index contributed by atoms with van der Waals surface area (Å²) >= 11 is 3.61. The van der Waals surface area contributed by atoms with E-state index in [9.17, 15) is 0 Å². The molecule has 0 saturated carbocycles. The predicted octanol–water partition coefficient (Wildman–Crippen LogP) is 0.959. The zero-order valence-electron chi connectivity index (χ0n) is 12.9. The van der Waals surface area contributed by atoms with E-state index in [2.05, 4.69) is 63.2 Å². The number of fused-ring (bicyclic) bond motifs is 1. The Balaban J connectivity index is 0.00000192. The Bertz CT molecular complexity index is 823. The van der Waals surface area contributed by atoms with E-state index in [-0.39, 0.29) is 12.4 Å². The summed E-state index contributed by atoms with van der Waals surface area (Å²) in [6.07, 6.45) is 4.24. The summed E-state index contributed by atoms with van der Waals surface area (Å²) in [5.41, 5.74) is 1.14. The first kappa shape index (κ1) is 17.6. The van der Waals surface area contributed by atoms with Gasteiger partial charge in [-0.2, -0.15) is 0 Å². The second-order valence-corrected chi connectivity index (χ2v) is 5.90. The Kier molecular flexibility index (Phi) is 5.85. The number of nitrogens with zero attached hydrogens (tertiary/aromatic N) is 1. The van der Waals surface area contributed by atoms with E-state index in [4.69, 9.17) is 9.47 Å². The molecule has 0 aliphatic carbocycles. The van der Waals surface area contributed by atoms with Gasteiger partial charge in [-0.05, 0) is 23.6 Å². The van der Waals surface area contributed by atoms with Crippen molar-refractivity contribution in [1.82, 2.24) is 0 Å². The molecule has 0 aliphatic heterocycles. The highest BCUT2D eigenvalue weighted by atomic mass is 79.9. The van der Waals surface area contributed by atoms with Crippen molar-refractivity contribution in [2.75, 3.05) is 14.2 Å². The molecular weight excluding hydrogens is 378 g/mol. The van der Waals surface area contributed by atoms with Crippen LogP contribution >= 0.6 is 15.9 Å². The molecule has 0 N–H and O–H groups in total. The molecular formula is C18H17BrClNO2. The molecule has 120 valence electrons. The standard InChI is InChI=1S/C18H17BrNO2.ClH/c1-21-17-9-15(16(19)10-18(17)22-2)12-20-8-7-13-5-3-4-6-14(13)11-20;/h3-11H,12H2,1-2H3;1H/q+1;/p-1. The van der Waals surface area contributed by atoms with Crippen molar-refractivity contribution in [3.63, 3.8) is 0 Å². The molecule has 0 unspecified atom stereocenters. The minimum atomic E-state index is 0. The normalized spacial score (nSPS) is 10.2. The van der Waals surface area contributed by atoms with E-state index >= 15 is 0 Å². The Morgan fingerprint density at radius 2 is 1.61 bits per heavy atom. The van der Waals surface area contributed by atoms with Gasteiger partial charge in [-0.3, -0.25) is 0 Å². The van der Waals surface area contributed by atoms with Crippen LogP contribution in [0.15, 0.2) is 59.3 Å². The molecule has 0 aliphatic rings. The maximum atomic E-state index is 5.38. The SMILES string of the molecule is COc1cc(Br)c(C[n+]2ccc3ccccc3c2)cc1OC.[Cl-]. The maximum Gasteiger partial charge on any atom is 0.176 e. The fraction of sp³-hybridized carbons (Fsp3) is 0.167. The van der Waals surface area contributed by atoms with Crippen LogP contribution in [0.2, 0.25) is 0 Å². The second-order valence-electron chi connectivity index (χ2n) is 5.04. The van der Waals surface area contributed by atoms with Crippen LogP contribution < -0.4 is 26.4 Å². The predicted molar refractivity (Wildman–Crippen MR) is 90.5 cm³/mol. The first-order chi connectivity index (χ1) is 10.7. The molecule has 3 aromatic rings. The molecule has 0 radical (unpaired) electrons. The Hall–Kier alpha value is -1.78. The van der Waals surface area contributed by atoms with E-state index in [0.29, 0.717) is 0 Å². The van der Waals surface area contributed by atoms with Crippen molar-refractivity contribution < 1.29 is 26.4 Å². The average Bonchev–Trinajstić information content (AvgIpc) is 2.56. The van der Waals surface area contributed by atoms with Crippen LogP contribution in [0.25, 0.3) is 10.8 Å². The molecule has 3 rings (SSSR count). The number of aromatic nitrogens is 1. The quantitative estimate of drug-likeness (QED) is 0.615. The Labute approximate surface area is 150 Å². The fourth-order valence-corrected chi connectivity index (χ4v) is 2.94. The number of hydrogen-bond donors (Lipinski definition) is 0. The first-order valence-corrected chi connectivity index (χ1v) is 7.79. The molecule has 0 spiro atoms. The highest BCUT2D eigenvalue weighted by Gasteiger charge is 2.13. The van der Waals surface area contributed by atoms with Crippen LogP contribution in [-0.4, -0.2) is 14.2 Å². The summed E-state index contributed by atoms with van der Waals surface area (Å²) in [7, 11) is 3.29. The highest BCUT2D eigenvalue weighted by Crippen LogP contribution is 2.33. The van der Waals surface area contributed by atoms with Crippen molar-refractivity contribution in [2.45, 2.75) is 6.54 Å². The van der Waals surface area contributed by atoms with Crippen molar-refractivity contribution >= 4 is 26.7 Å². The summed E-state index contributed by atoms with van der Waals surface area (Å²) in [6.45, 7) is 0.756. The van der Waals surface area contributed by atoms with E-state index in [0.717, 1.165) is 28.1 Å². The number of ether oxygens (including phenoxy) is 2. The van der Waals surface area contributed by atoms with Crippen molar-refractivity contribution in [3.05, 3.63) is 64.9 Å². The van der Waals surface area contributed by atoms with Gasteiger partial charge in [0.2, 0.25) is 0 Å². The van der Waals surface area contributed by atoms with Crippen LogP contribution in [0, 0.1) is 0 Å². The van der Waals surface area contributed by atoms with Gasteiger partial charge >= 0.3 is 0 Å². The Morgan fingerprint density at radius 1 is 0.957 bits per heavy atom. The molecule has 2 aromatic carbocycles. The van der Waals surface area contributed by atoms with Gasteiger partial charge in [-0.15, -0.1) is 0 Å². The summed E-state index contributed by atoms with van der Waals surface area (Å²) in [5, 5.41) is 2.46. The Morgan fingerprint density at radius 3 is 2.30 bits per heavy atom. The van der Waals surface area contributed by atoms with Crippen LogP contribution in [0.4, 0.5) is 0 Å². The number of hydrogen-bond acceptors (Lipinski definition) is 2. The molecule has 1 heterocycles. The minimum Gasteiger partial charge on any atom is -1.00 e. The minimum absolute atomic E-state index is 0. The van der Waals surface area contributed by atoms with Gasteiger partial charge in [0.05, 0.1) is 14.2 Å². The van der Waals surface area contributed by atoms with Gasteiger partial charge in [-0.1, -0.05) is 34.1 Å². The van der Waals surface area contributed by atoms with Crippen molar-refractivity contribution in [2.24, 2.45) is 0 Å². The zero-order chi connectivity index (χ0) is 15.5. The molecule has 0 saturated heterocycles. The number of pyridine rings is 1. The second kappa shape index (κ2) is 7.66. The van der Waals surface area contributed by atoms with E-state index in [1.54, 1.807) is 14.2 Å². The van der Waals surface area contributed by atoms with Gasteiger partial charge < -0.3 is 21.9 Å². The number of rotatable bonds is 4. The summed E-state index contributed by atoms with van der Waals surface area (Å²) in [5.74, 6) is 1.46. The summed E-state index contributed by atoms with van der Waals surface area (Å²) in [6, 6.07) is 14.4. The molecule has 0 atom stereocenters. The van der Waals surface area contributed by atoms with E-state index in [1.807, 2.05) is 12.1 Å². The third-order valence-corrected chi connectivity index (χ3v) is 4.39. The molecule has 0 fully saturated rings. The summed E-state index contributed by atoms with van der Waals surface area (Å²) < 4.78 is 13.9. The van der Waals surface area contributed by atoms with Gasteiger partial charge in [0.15, 0.2) is 30.4 Å². The smallest absolute Gasteiger partial charge is 0.176 e. The zero-order valence-corrected chi connectivity index (χ0v) is 15.3. The highest BCUT2D eigenvalue weighted by molar-refractivity contribution is 9.10. The maximum absolute atomic E-state index is 5.38. The topological polar surface area (TPSA) is 22.3 Å². The molecule has 5 heteroatoms. The van der Waals surface area contributed by atoms with E-state index < -0.39 is 0 Å². The van der Waals surface area contributed by atoms with Crippen molar-refractivity contribution in [3.8, 4) is 11.5 Å². The lowest BCUT2D eigenvalue weighted by Gasteiger charge is -2.10. The number of halogens is 2. The fourth-order valence-electron chi connectivity index (χ4n) is 2.49. The largest absolute Gasteiger partial charge is 1.00 e. The van der Waals surface area contributed by atoms with Crippen LogP contribution in [0.3, 0.4) is 0 Å². The van der Waals surface area contributed by atoms with Crippen molar-refractivity contribution in [1.29, 1.82) is 0 Å². The summed E-state index contributed by atoms with van der Waals surface area (Å²) in [4.78, 5) is 0. The lowest BCUT2D eigenvalue weighted by atomic mass is 10.1. The average molecular weight is 395 g/mol. The monoisotopic (exact) mass is 393 g/mol. The van der Waals surface area contributed by atoms with Crippen LogP contribution in [0.1, 0.15) is 5.56 Å². The number of benzene rings is 2. The van der Waals surface area contributed by atoms with Crippen LogP contribution in [0.5, 0.6) is 11.5 Å². The lowest BCUT2D eigenvalue weighted by molar-refractivity contribution is -0.687. The van der Waals surface area contributed by atoms with Crippen LogP contribution in [-0.2, 0) is 6.54 Å². The molecule has 3 nitrogen and oxygen atoms in total. The first-order valence-electron chi connectivity index (χ1n) is 6.99. The third-order valence-electron chi connectivity index (χ3n) is 3.65. The molecule has 0 bridgehead atoms. The van der Waals surface area contributed by atoms with Gasteiger partial charge in [-0.25, -0.2) is 4.57 Å². The molecule has 1 aromatic heterocycles. The lowest BCUT2D eigenvalue weighted by Crippen LogP contribution is -3.00. The van der Waals surface area contributed by atoms with Gasteiger partial charge in [0, 0.05) is 21.5 Å². The molecule has 0 amide bonds. The third kappa shape index (κ3) is 3.77.